The molecule has 0 spiro atoms. The lowest BCUT2D eigenvalue weighted by molar-refractivity contribution is 0.0741. The van der Waals surface area contributed by atoms with E-state index in [-0.39, 0.29) is 5.91 Å². The van der Waals surface area contributed by atoms with Crippen LogP contribution in [0.5, 0.6) is 5.75 Å². The van der Waals surface area contributed by atoms with Crippen LogP contribution in [0.15, 0.2) is 24.5 Å². The zero-order valence-electron chi connectivity index (χ0n) is 15.2. The van der Waals surface area contributed by atoms with Gasteiger partial charge in [0.05, 0.1) is 13.3 Å². The molecule has 2 aromatic heterocycles. The Bertz CT molecular complexity index is 787. The summed E-state index contributed by atoms with van der Waals surface area (Å²) in [5.74, 6) is 2.10. The van der Waals surface area contributed by atoms with Crippen LogP contribution in [0, 0.1) is 11.8 Å². The molecule has 25 heavy (non-hydrogen) atoms. The van der Waals surface area contributed by atoms with Crippen molar-refractivity contribution in [3.8, 4) is 5.75 Å². The maximum atomic E-state index is 13.1. The smallest absolute Gasteiger partial charge is 0.272 e. The summed E-state index contributed by atoms with van der Waals surface area (Å²) in [6.45, 7) is 8.20. The Balaban J connectivity index is 1.54. The van der Waals surface area contributed by atoms with Gasteiger partial charge in [0.25, 0.3) is 5.91 Å². The van der Waals surface area contributed by atoms with Crippen molar-refractivity contribution in [3.05, 3.63) is 30.2 Å². The summed E-state index contributed by atoms with van der Waals surface area (Å²) in [5.41, 5.74) is 1.36. The quantitative estimate of drug-likeness (QED) is 0.858. The molecule has 3 heterocycles. The second-order valence-corrected chi connectivity index (χ2v) is 7.57. The molecule has 0 aromatic carbocycles. The Morgan fingerprint density at radius 3 is 2.80 bits per heavy atom. The van der Waals surface area contributed by atoms with Crippen molar-refractivity contribution in [2.75, 3.05) is 33.3 Å². The molecule has 4 rings (SSSR count). The lowest BCUT2D eigenvalue weighted by Crippen LogP contribution is -2.36. The van der Waals surface area contributed by atoms with Crippen molar-refractivity contribution in [3.63, 3.8) is 0 Å². The summed E-state index contributed by atoms with van der Waals surface area (Å²) in [6, 6.07) is 4.42. The van der Waals surface area contributed by atoms with E-state index in [1.807, 2.05) is 27.6 Å². The molecule has 2 aromatic rings. The molecule has 0 bridgehead atoms. The molecule has 1 aliphatic carbocycles. The average molecular weight is 342 g/mol. The number of carbonyl (C=O) groups excluding carboxylic acids is 1. The second kappa shape index (κ2) is 6.33. The molecular formula is C19H26N4O2. The van der Waals surface area contributed by atoms with Crippen molar-refractivity contribution >= 4 is 11.6 Å². The summed E-state index contributed by atoms with van der Waals surface area (Å²) < 4.78 is 7.08. The summed E-state index contributed by atoms with van der Waals surface area (Å²) >= 11 is 0. The highest BCUT2D eigenvalue weighted by Crippen LogP contribution is 2.36. The Morgan fingerprint density at radius 1 is 1.28 bits per heavy atom. The van der Waals surface area contributed by atoms with Crippen LogP contribution in [0.25, 0.3) is 5.65 Å². The number of pyridine rings is 1. The van der Waals surface area contributed by atoms with E-state index in [2.05, 4.69) is 23.7 Å². The number of aromatic nitrogens is 2. The number of imidazole rings is 1. The fraction of sp³-hybridized carbons (Fsp3) is 0.579. The molecule has 2 fully saturated rings. The zero-order valence-corrected chi connectivity index (χ0v) is 15.2. The van der Waals surface area contributed by atoms with Crippen molar-refractivity contribution < 1.29 is 9.53 Å². The zero-order chi connectivity index (χ0) is 17.6. The predicted octanol–water partition coefficient (Wildman–Crippen LogP) is 2.15. The first-order valence-electron chi connectivity index (χ1n) is 9.11. The van der Waals surface area contributed by atoms with Gasteiger partial charge in [0.2, 0.25) is 0 Å². The molecular weight excluding hydrogens is 316 g/mol. The van der Waals surface area contributed by atoms with E-state index in [4.69, 9.17) is 4.74 Å². The number of hydrogen-bond donors (Lipinski definition) is 0. The average Bonchev–Trinajstić information content (AvgIpc) is 3.24. The van der Waals surface area contributed by atoms with Gasteiger partial charge < -0.3 is 9.64 Å². The summed E-state index contributed by atoms with van der Waals surface area (Å²) in [7, 11) is 1.63. The van der Waals surface area contributed by atoms with Crippen molar-refractivity contribution in [1.82, 2.24) is 19.2 Å². The third-order valence-electron chi connectivity index (χ3n) is 5.50. The first-order chi connectivity index (χ1) is 12.1. The third kappa shape index (κ3) is 3.11. The van der Waals surface area contributed by atoms with E-state index in [1.165, 1.54) is 6.42 Å². The van der Waals surface area contributed by atoms with Gasteiger partial charge in [0.1, 0.15) is 17.1 Å². The fourth-order valence-electron chi connectivity index (χ4n) is 3.97. The number of fused-ring (bicyclic) bond motifs is 1. The van der Waals surface area contributed by atoms with Gasteiger partial charge in [0.15, 0.2) is 0 Å². The highest BCUT2D eigenvalue weighted by molar-refractivity contribution is 5.93. The van der Waals surface area contributed by atoms with Crippen molar-refractivity contribution in [2.24, 2.45) is 11.8 Å². The Labute approximate surface area is 148 Å². The SMILES string of the molecule is COc1ccn2c(C(=O)N3CCN([C@@H]4C[C@H]4C)C[C@@H](C)C3)cnc2c1. The summed E-state index contributed by atoms with van der Waals surface area (Å²) in [6.07, 6.45) is 4.83. The molecule has 2 aliphatic rings. The van der Waals surface area contributed by atoms with Gasteiger partial charge in [-0.2, -0.15) is 0 Å². The minimum Gasteiger partial charge on any atom is -0.497 e. The third-order valence-corrected chi connectivity index (χ3v) is 5.50. The Morgan fingerprint density at radius 2 is 2.08 bits per heavy atom. The topological polar surface area (TPSA) is 50.1 Å². The normalized spacial score (nSPS) is 27.3. The monoisotopic (exact) mass is 342 g/mol. The molecule has 1 amide bonds. The lowest BCUT2D eigenvalue weighted by Gasteiger charge is -2.22. The van der Waals surface area contributed by atoms with E-state index < -0.39 is 0 Å². The molecule has 6 heteroatoms. The van der Waals surface area contributed by atoms with E-state index in [0.717, 1.165) is 49.5 Å². The van der Waals surface area contributed by atoms with Gasteiger partial charge in [-0.1, -0.05) is 13.8 Å². The first kappa shape index (κ1) is 16.4. The van der Waals surface area contributed by atoms with Crippen LogP contribution in [0.4, 0.5) is 0 Å². The molecule has 6 nitrogen and oxygen atoms in total. The number of methoxy groups -OCH3 is 1. The van der Waals surface area contributed by atoms with E-state index in [0.29, 0.717) is 11.6 Å². The van der Waals surface area contributed by atoms with Crippen molar-refractivity contribution in [1.29, 1.82) is 0 Å². The molecule has 134 valence electrons. The van der Waals surface area contributed by atoms with Gasteiger partial charge in [-0.05, 0) is 24.3 Å². The number of carbonyl (C=O) groups is 1. The Hall–Kier alpha value is -2.08. The maximum absolute atomic E-state index is 13.1. The molecule has 3 atom stereocenters. The van der Waals surface area contributed by atoms with Gasteiger partial charge in [0, 0.05) is 44.5 Å². The second-order valence-electron chi connectivity index (χ2n) is 7.57. The lowest BCUT2D eigenvalue weighted by atomic mass is 10.1. The largest absolute Gasteiger partial charge is 0.497 e. The highest BCUT2D eigenvalue weighted by Gasteiger charge is 2.39. The van der Waals surface area contributed by atoms with Crippen molar-refractivity contribution in [2.45, 2.75) is 26.3 Å². The maximum Gasteiger partial charge on any atom is 0.272 e. The van der Waals surface area contributed by atoms with E-state index in [9.17, 15) is 4.79 Å². The summed E-state index contributed by atoms with van der Waals surface area (Å²) in [5, 5.41) is 0. The number of nitrogens with zero attached hydrogens (tertiary/aromatic N) is 4. The van der Waals surface area contributed by atoms with Crippen LogP contribution in [-0.2, 0) is 0 Å². The fourth-order valence-corrected chi connectivity index (χ4v) is 3.97. The Kier molecular flexibility index (Phi) is 4.15. The van der Waals surface area contributed by atoms with Crippen LogP contribution in [0.1, 0.15) is 30.8 Å². The summed E-state index contributed by atoms with van der Waals surface area (Å²) in [4.78, 5) is 22.0. The molecule has 1 aliphatic heterocycles. The van der Waals surface area contributed by atoms with Crippen LogP contribution in [-0.4, -0.2) is 64.4 Å². The standard InChI is InChI=1S/C19H26N4O2/c1-13-11-21(16-8-14(16)2)6-7-22(12-13)19(24)17-10-20-18-9-15(25-3)4-5-23(17)18/h4-5,9-10,13-14,16H,6-8,11-12H2,1-3H3/t13-,14-,16-/m1/s1. The molecule has 1 saturated carbocycles. The van der Waals surface area contributed by atoms with E-state index >= 15 is 0 Å². The van der Waals surface area contributed by atoms with Gasteiger partial charge >= 0.3 is 0 Å². The minimum absolute atomic E-state index is 0.0650. The number of amides is 1. The number of rotatable bonds is 3. The number of ether oxygens (including phenoxy) is 1. The van der Waals surface area contributed by atoms with Crippen LogP contribution >= 0.6 is 0 Å². The first-order valence-corrected chi connectivity index (χ1v) is 9.11. The van der Waals surface area contributed by atoms with Gasteiger partial charge in [-0.15, -0.1) is 0 Å². The molecule has 0 unspecified atom stereocenters. The highest BCUT2D eigenvalue weighted by atomic mass is 16.5. The molecule has 0 radical (unpaired) electrons. The minimum atomic E-state index is 0.0650. The molecule has 0 N–H and O–H groups in total. The van der Waals surface area contributed by atoms with Gasteiger partial charge in [-0.25, -0.2) is 4.98 Å². The van der Waals surface area contributed by atoms with Crippen LogP contribution < -0.4 is 4.74 Å². The van der Waals surface area contributed by atoms with Gasteiger partial charge in [-0.3, -0.25) is 14.1 Å². The molecule has 1 saturated heterocycles. The van der Waals surface area contributed by atoms with Crippen LogP contribution in [0.2, 0.25) is 0 Å². The predicted molar refractivity (Wildman–Crippen MR) is 96.0 cm³/mol. The van der Waals surface area contributed by atoms with E-state index in [1.54, 1.807) is 13.3 Å². The number of hydrogen-bond acceptors (Lipinski definition) is 4. The van der Waals surface area contributed by atoms with Crippen LogP contribution in [0.3, 0.4) is 0 Å².